The lowest BCUT2D eigenvalue weighted by Gasteiger charge is -2.13. The van der Waals surface area contributed by atoms with Gasteiger partial charge in [-0.3, -0.25) is 4.21 Å². The Morgan fingerprint density at radius 1 is 0.939 bits per heavy atom. The summed E-state index contributed by atoms with van der Waals surface area (Å²) >= 11 is 1.37. The van der Waals surface area contributed by atoms with Crippen LogP contribution in [0.4, 0.5) is 0 Å². The highest BCUT2D eigenvalue weighted by Gasteiger charge is 2.17. The van der Waals surface area contributed by atoms with Crippen LogP contribution < -0.4 is 4.74 Å². The predicted octanol–water partition coefficient (Wildman–Crippen LogP) is 6.29. The summed E-state index contributed by atoms with van der Waals surface area (Å²) in [6.07, 6.45) is 0. The molecule has 6 heteroatoms. The zero-order chi connectivity index (χ0) is 23.0. The molecule has 0 bridgehead atoms. The van der Waals surface area contributed by atoms with Crippen LogP contribution in [-0.2, 0) is 16.6 Å². The first kappa shape index (κ1) is 22.8. The minimum Gasteiger partial charge on any atom is -0.497 e. The molecule has 0 unspecified atom stereocenters. The van der Waals surface area contributed by atoms with Crippen molar-refractivity contribution in [2.24, 2.45) is 0 Å². The van der Waals surface area contributed by atoms with Gasteiger partial charge in [0.05, 0.1) is 23.5 Å². The Kier molecular flexibility index (Phi) is 7.56. The van der Waals surface area contributed by atoms with Crippen LogP contribution in [0.5, 0.6) is 5.75 Å². The van der Waals surface area contributed by atoms with Crippen LogP contribution in [0.25, 0.3) is 22.4 Å². The fourth-order valence-corrected chi connectivity index (χ4v) is 5.75. The van der Waals surface area contributed by atoms with Gasteiger partial charge >= 0.3 is 0 Å². The van der Waals surface area contributed by atoms with Crippen molar-refractivity contribution in [1.29, 1.82) is 5.26 Å². The summed E-state index contributed by atoms with van der Waals surface area (Å²) in [5.74, 6) is 1.24. The van der Waals surface area contributed by atoms with E-state index in [0.717, 1.165) is 33.7 Å². The maximum atomic E-state index is 12.7. The average molecular weight is 471 g/mol. The molecular formula is C27H22N2O2S2. The lowest BCUT2D eigenvalue weighted by Crippen LogP contribution is -2.01. The van der Waals surface area contributed by atoms with E-state index in [9.17, 15) is 9.47 Å². The van der Waals surface area contributed by atoms with Crippen molar-refractivity contribution in [3.8, 4) is 34.2 Å². The summed E-state index contributed by atoms with van der Waals surface area (Å²) in [5, 5.41) is 10.9. The number of thioether (sulfide) groups is 1. The molecule has 0 N–H and O–H groups in total. The normalized spacial score (nSPS) is 11.5. The van der Waals surface area contributed by atoms with Gasteiger partial charge < -0.3 is 4.74 Å². The maximum Gasteiger partial charge on any atom is 0.118 e. The van der Waals surface area contributed by atoms with Gasteiger partial charge in [-0.05, 0) is 41.5 Å². The van der Waals surface area contributed by atoms with Crippen molar-refractivity contribution in [3.63, 3.8) is 0 Å². The van der Waals surface area contributed by atoms with E-state index in [1.165, 1.54) is 11.8 Å². The molecule has 0 amide bonds. The third kappa shape index (κ3) is 5.70. The molecule has 1 aromatic heterocycles. The minimum atomic E-state index is -1.09. The molecule has 0 aliphatic carbocycles. The first-order chi connectivity index (χ1) is 16.2. The molecule has 3 aromatic carbocycles. The van der Waals surface area contributed by atoms with Crippen LogP contribution in [-0.4, -0.2) is 21.4 Å². The minimum absolute atomic E-state index is 0.358. The number of methoxy groups -OCH3 is 1. The molecule has 1 heterocycles. The van der Waals surface area contributed by atoms with E-state index in [1.54, 1.807) is 7.11 Å². The summed E-state index contributed by atoms with van der Waals surface area (Å²) in [7, 11) is 0.540. The molecule has 0 aliphatic heterocycles. The Morgan fingerprint density at radius 3 is 2.24 bits per heavy atom. The Balaban J connectivity index is 1.69. The van der Waals surface area contributed by atoms with E-state index in [4.69, 9.17) is 9.72 Å². The van der Waals surface area contributed by atoms with Gasteiger partial charge in [-0.1, -0.05) is 72.4 Å². The van der Waals surface area contributed by atoms with Crippen molar-refractivity contribution in [2.75, 3.05) is 12.2 Å². The molecule has 0 fully saturated rings. The summed E-state index contributed by atoms with van der Waals surface area (Å²) < 4.78 is 18.0. The van der Waals surface area contributed by atoms with Gasteiger partial charge in [0.15, 0.2) is 0 Å². The smallest absolute Gasteiger partial charge is 0.118 e. The van der Waals surface area contributed by atoms with Crippen LogP contribution in [0.1, 0.15) is 11.1 Å². The predicted molar refractivity (Wildman–Crippen MR) is 135 cm³/mol. The number of ether oxygens (including phenoxy) is 1. The number of benzene rings is 3. The number of nitriles is 1. The van der Waals surface area contributed by atoms with Crippen LogP contribution in [0.15, 0.2) is 96.0 Å². The summed E-state index contributed by atoms with van der Waals surface area (Å²) in [4.78, 5) is 4.80. The largest absolute Gasteiger partial charge is 0.497 e. The summed E-state index contributed by atoms with van der Waals surface area (Å²) in [6, 6.07) is 31.5. The first-order valence-electron chi connectivity index (χ1n) is 10.3. The zero-order valence-electron chi connectivity index (χ0n) is 18.1. The Morgan fingerprint density at radius 2 is 1.61 bits per heavy atom. The van der Waals surface area contributed by atoms with Gasteiger partial charge in [0, 0.05) is 27.7 Å². The first-order valence-corrected chi connectivity index (χ1v) is 12.8. The van der Waals surface area contributed by atoms with Gasteiger partial charge in [-0.2, -0.15) is 5.26 Å². The van der Waals surface area contributed by atoms with Crippen molar-refractivity contribution in [3.05, 3.63) is 102 Å². The van der Waals surface area contributed by atoms with Crippen molar-refractivity contribution >= 4 is 22.6 Å². The molecule has 0 aliphatic rings. The van der Waals surface area contributed by atoms with Crippen LogP contribution in [0, 0.1) is 11.3 Å². The fourth-order valence-electron chi connectivity index (χ4n) is 3.41. The molecule has 0 saturated heterocycles. The van der Waals surface area contributed by atoms with Gasteiger partial charge in [-0.25, -0.2) is 4.98 Å². The van der Waals surface area contributed by atoms with E-state index < -0.39 is 10.8 Å². The van der Waals surface area contributed by atoms with Gasteiger partial charge in [0.1, 0.15) is 16.8 Å². The number of hydrogen-bond acceptors (Lipinski definition) is 5. The number of rotatable bonds is 8. The molecule has 33 heavy (non-hydrogen) atoms. The molecule has 4 rings (SSSR count). The topological polar surface area (TPSA) is 63.0 Å². The van der Waals surface area contributed by atoms with Crippen LogP contribution in [0.3, 0.4) is 0 Å². The van der Waals surface area contributed by atoms with E-state index in [0.29, 0.717) is 21.4 Å². The molecule has 4 nitrogen and oxygen atoms in total. The van der Waals surface area contributed by atoms with Gasteiger partial charge in [0.2, 0.25) is 0 Å². The third-order valence-corrected chi connectivity index (χ3v) is 7.81. The molecule has 164 valence electrons. The van der Waals surface area contributed by atoms with E-state index in [2.05, 4.69) is 6.07 Å². The van der Waals surface area contributed by atoms with Crippen molar-refractivity contribution in [2.45, 2.75) is 10.8 Å². The summed E-state index contributed by atoms with van der Waals surface area (Å²) in [6.45, 7) is 0. The highest BCUT2D eigenvalue weighted by Crippen LogP contribution is 2.35. The summed E-state index contributed by atoms with van der Waals surface area (Å²) in [5.41, 5.74) is 4.97. The molecule has 0 spiro atoms. The van der Waals surface area contributed by atoms with Gasteiger partial charge in [-0.15, -0.1) is 0 Å². The number of hydrogen-bond donors (Lipinski definition) is 0. The molecular weight excluding hydrogens is 448 g/mol. The van der Waals surface area contributed by atoms with Crippen molar-refractivity contribution in [1.82, 2.24) is 4.98 Å². The highest BCUT2D eigenvalue weighted by molar-refractivity contribution is 8.10. The second-order valence-electron chi connectivity index (χ2n) is 7.27. The molecule has 4 aromatic rings. The third-order valence-electron chi connectivity index (χ3n) is 5.07. The molecule has 1 atom stereocenters. The second kappa shape index (κ2) is 11.0. The SMILES string of the molecule is COc1ccc(-c2cc(-c3ccccc3)c(C#N)c(SC[S@](=O)Cc3ccccc3)n2)cc1. The number of nitrogens with zero attached hydrogens (tertiary/aromatic N) is 2. The zero-order valence-corrected chi connectivity index (χ0v) is 19.7. The average Bonchev–Trinajstić information content (AvgIpc) is 2.88. The van der Waals surface area contributed by atoms with Crippen LogP contribution in [0.2, 0.25) is 0 Å². The van der Waals surface area contributed by atoms with E-state index in [-0.39, 0.29) is 0 Å². The number of aromatic nitrogens is 1. The highest BCUT2D eigenvalue weighted by atomic mass is 32.2. The second-order valence-corrected chi connectivity index (χ2v) is 10.1. The Hall–Kier alpha value is -3.40. The lowest BCUT2D eigenvalue weighted by atomic mass is 9.99. The Labute approximate surface area is 200 Å². The van der Waals surface area contributed by atoms with Crippen molar-refractivity contribution < 1.29 is 8.95 Å². The standard InChI is InChI=1S/C27H22N2O2S2/c1-31-23-14-12-22(13-15-23)26-16-24(21-10-6-3-7-11-21)25(17-28)27(29-26)32-19-33(30)18-20-8-4-2-5-9-20/h2-16H,18-19H2,1H3/t33-/m1/s1. The van der Waals surface area contributed by atoms with Gasteiger partial charge in [0.25, 0.3) is 0 Å². The lowest BCUT2D eigenvalue weighted by molar-refractivity contribution is 0.415. The van der Waals surface area contributed by atoms with E-state index >= 15 is 0 Å². The maximum absolute atomic E-state index is 12.7. The van der Waals surface area contributed by atoms with Crippen LogP contribution >= 0.6 is 11.8 Å². The molecule has 0 saturated carbocycles. The monoisotopic (exact) mass is 470 g/mol. The number of pyridine rings is 1. The Bertz CT molecular complexity index is 1290. The molecule has 0 radical (unpaired) electrons. The van der Waals surface area contributed by atoms with E-state index in [1.807, 2.05) is 91.0 Å². The quantitative estimate of drug-likeness (QED) is 0.283. The fraction of sp³-hybridized carbons (Fsp3) is 0.111.